The van der Waals surface area contributed by atoms with Crippen molar-refractivity contribution in [3.8, 4) is 0 Å². The van der Waals surface area contributed by atoms with E-state index in [2.05, 4.69) is 17.4 Å². The van der Waals surface area contributed by atoms with Gasteiger partial charge in [0.05, 0.1) is 0 Å². The van der Waals surface area contributed by atoms with Crippen LogP contribution in [0.2, 0.25) is 0 Å². The topological polar surface area (TPSA) is 29.1 Å². The molecule has 0 amide bonds. The minimum atomic E-state index is -0.651. The molecule has 1 N–H and O–H groups in total. The maximum Gasteiger partial charge on any atom is 0.0436 e. The minimum absolute atomic E-state index is 0.277. The van der Waals surface area contributed by atoms with E-state index in [0.717, 1.165) is 24.5 Å². The second-order valence-corrected chi connectivity index (χ2v) is 5.20. The van der Waals surface area contributed by atoms with Crippen molar-refractivity contribution in [1.82, 2.24) is 5.32 Å². The summed E-state index contributed by atoms with van der Waals surface area (Å²) in [4.78, 5) is 0. The normalized spacial score (nSPS) is 28.3. The summed E-state index contributed by atoms with van der Waals surface area (Å²) >= 11 is 0. The molecule has 2 rings (SSSR count). The molecule has 1 aliphatic rings. The van der Waals surface area contributed by atoms with Crippen molar-refractivity contribution >= 4 is 10.8 Å². The highest BCUT2D eigenvalue weighted by molar-refractivity contribution is 7.85. The summed E-state index contributed by atoms with van der Waals surface area (Å²) in [6, 6.07) is 10.5. The summed E-state index contributed by atoms with van der Waals surface area (Å²) in [6.45, 7) is 0.977. The molecule has 2 unspecified atom stereocenters. The van der Waals surface area contributed by atoms with Crippen molar-refractivity contribution in [1.29, 1.82) is 0 Å². The molecule has 0 aliphatic carbocycles. The average Bonchev–Trinajstić information content (AvgIpc) is 2.44. The lowest BCUT2D eigenvalue weighted by atomic mass is 10.1. The van der Waals surface area contributed by atoms with E-state index in [1.807, 2.05) is 18.2 Å². The van der Waals surface area contributed by atoms with E-state index in [4.69, 9.17) is 0 Å². The summed E-state index contributed by atoms with van der Waals surface area (Å²) in [5.41, 5.74) is 1.25. The van der Waals surface area contributed by atoms with E-state index < -0.39 is 10.8 Å². The van der Waals surface area contributed by atoms with Crippen LogP contribution in [0.3, 0.4) is 0 Å². The zero-order valence-corrected chi connectivity index (χ0v) is 8.93. The van der Waals surface area contributed by atoms with E-state index in [-0.39, 0.29) is 6.04 Å². The lowest BCUT2D eigenvalue weighted by molar-refractivity contribution is 0.587. The molecule has 76 valence electrons. The van der Waals surface area contributed by atoms with Crippen LogP contribution in [0.4, 0.5) is 0 Å². The predicted molar refractivity (Wildman–Crippen MR) is 59.7 cm³/mol. The third kappa shape index (κ3) is 2.42. The van der Waals surface area contributed by atoms with Crippen molar-refractivity contribution < 1.29 is 4.21 Å². The van der Waals surface area contributed by atoms with Crippen LogP contribution in [0.1, 0.15) is 18.0 Å². The van der Waals surface area contributed by atoms with Crippen LogP contribution >= 0.6 is 0 Å². The summed E-state index contributed by atoms with van der Waals surface area (Å²) in [5, 5.41) is 3.44. The van der Waals surface area contributed by atoms with Gasteiger partial charge in [-0.25, -0.2) is 0 Å². The summed E-state index contributed by atoms with van der Waals surface area (Å²) in [7, 11) is -0.651. The van der Waals surface area contributed by atoms with Crippen molar-refractivity contribution in [2.45, 2.75) is 12.5 Å². The van der Waals surface area contributed by atoms with Crippen molar-refractivity contribution in [3.63, 3.8) is 0 Å². The van der Waals surface area contributed by atoms with Gasteiger partial charge in [-0.15, -0.1) is 0 Å². The van der Waals surface area contributed by atoms with Crippen LogP contribution < -0.4 is 5.32 Å². The van der Waals surface area contributed by atoms with Gasteiger partial charge in [0.1, 0.15) is 0 Å². The lowest BCUT2D eigenvalue weighted by Crippen LogP contribution is -2.23. The molecule has 14 heavy (non-hydrogen) atoms. The second kappa shape index (κ2) is 4.71. The Hall–Kier alpha value is -0.670. The molecule has 1 saturated heterocycles. The summed E-state index contributed by atoms with van der Waals surface area (Å²) in [6.07, 6.45) is 1.02. The molecule has 1 fully saturated rings. The quantitative estimate of drug-likeness (QED) is 0.759. The van der Waals surface area contributed by atoms with E-state index in [0.29, 0.717) is 0 Å². The molecule has 1 aromatic rings. The van der Waals surface area contributed by atoms with Gasteiger partial charge in [0, 0.05) is 28.3 Å². The summed E-state index contributed by atoms with van der Waals surface area (Å²) in [5.74, 6) is 1.60. The fraction of sp³-hybridized carbons (Fsp3) is 0.455. The molecule has 1 heterocycles. The standard InChI is InChI=1S/C11H15NOS/c13-14-8-4-7-12-11(9-14)10-5-2-1-3-6-10/h1-3,5-6,11-12H,4,7-9H2. The molecular formula is C11H15NOS. The fourth-order valence-corrected chi connectivity index (χ4v) is 3.05. The predicted octanol–water partition coefficient (Wildman–Crippen LogP) is 1.47. The zero-order valence-electron chi connectivity index (χ0n) is 8.11. The van der Waals surface area contributed by atoms with Gasteiger partial charge in [-0.05, 0) is 18.5 Å². The average molecular weight is 209 g/mol. The van der Waals surface area contributed by atoms with Crippen LogP contribution in [0.15, 0.2) is 30.3 Å². The Kier molecular flexibility index (Phi) is 3.32. The highest BCUT2D eigenvalue weighted by Gasteiger charge is 2.17. The molecule has 1 aromatic carbocycles. The Morgan fingerprint density at radius 2 is 2.07 bits per heavy atom. The molecule has 2 nitrogen and oxygen atoms in total. The van der Waals surface area contributed by atoms with E-state index in [1.165, 1.54) is 5.56 Å². The van der Waals surface area contributed by atoms with Gasteiger partial charge >= 0.3 is 0 Å². The number of benzene rings is 1. The molecule has 0 saturated carbocycles. The Morgan fingerprint density at radius 3 is 2.86 bits per heavy atom. The van der Waals surface area contributed by atoms with E-state index in [9.17, 15) is 4.21 Å². The van der Waals surface area contributed by atoms with Crippen LogP contribution in [-0.2, 0) is 10.8 Å². The highest BCUT2D eigenvalue weighted by Crippen LogP contribution is 2.16. The number of rotatable bonds is 1. The van der Waals surface area contributed by atoms with E-state index >= 15 is 0 Å². The zero-order chi connectivity index (χ0) is 9.80. The Labute approximate surface area is 87.2 Å². The maximum absolute atomic E-state index is 11.5. The van der Waals surface area contributed by atoms with Gasteiger partial charge in [-0.1, -0.05) is 30.3 Å². The van der Waals surface area contributed by atoms with Crippen molar-refractivity contribution in [2.24, 2.45) is 0 Å². The summed E-state index contributed by atoms with van der Waals surface area (Å²) < 4.78 is 11.5. The van der Waals surface area contributed by atoms with Gasteiger partial charge in [0.2, 0.25) is 0 Å². The van der Waals surface area contributed by atoms with Gasteiger partial charge in [0.15, 0.2) is 0 Å². The van der Waals surface area contributed by atoms with Crippen molar-refractivity contribution in [3.05, 3.63) is 35.9 Å². The molecule has 0 radical (unpaired) electrons. The molecular weight excluding hydrogens is 194 g/mol. The van der Waals surface area contributed by atoms with Gasteiger partial charge in [-0.2, -0.15) is 0 Å². The molecule has 0 aromatic heterocycles. The Balaban J connectivity index is 2.13. The first-order valence-corrected chi connectivity index (χ1v) is 6.48. The third-order valence-electron chi connectivity index (χ3n) is 2.49. The molecule has 0 bridgehead atoms. The second-order valence-electron chi connectivity index (χ2n) is 3.58. The Morgan fingerprint density at radius 1 is 1.29 bits per heavy atom. The first-order chi connectivity index (χ1) is 6.86. The van der Waals surface area contributed by atoms with Crippen LogP contribution in [0.25, 0.3) is 0 Å². The van der Waals surface area contributed by atoms with Crippen molar-refractivity contribution in [2.75, 3.05) is 18.1 Å². The van der Waals surface area contributed by atoms with Crippen LogP contribution in [0, 0.1) is 0 Å². The maximum atomic E-state index is 11.5. The molecule has 1 aliphatic heterocycles. The monoisotopic (exact) mass is 209 g/mol. The first kappa shape index (κ1) is 9.87. The first-order valence-electron chi connectivity index (χ1n) is 4.99. The SMILES string of the molecule is O=S1CCCNC(c2ccccc2)C1. The highest BCUT2D eigenvalue weighted by atomic mass is 32.2. The lowest BCUT2D eigenvalue weighted by Gasteiger charge is -2.14. The smallest absolute Gasteiger partial charge is 0.0436 e. The molecule has 2 atom stereocenters. The number of hydrogen-bond donors (Lipinski definition) is 1. The van der Waals surface area contributed by atoms with Gasteiger partial charge < -0.3 is 5.32 Å². The largest absolute Gasteiger partial charge is 0.309 e. The fourth-order valence-electron chi connectivity index (χ4n) is 1.74. The Bertz CT molecular complexity index is 312. The van der Waals surface area contributed by atoms with Crippen LogP contribution in [-0.4, -0.2) is 22.3 Å². The third-order valence-corrected chi connectivity index (χ3v) is 3.94. The van der Waals surface area contributed by atoms with E-state index in [1.54, 1.807) is 0 Å². The van der Waals surface area contributed by atoms with Gasteiger partial charge in [-0.3, -0.25) is 4.21 Å². The minimum Gasteiger partial charge on any atom is -0.309 e. The van der Waals surface area contributed by atoms with Crippen LogP contribution in [0.5, 0.6) is 0 Å². The molecule has 3 heteroatoms. The number of hydrogen-bond acceptors (Lipinski definition) is 2. The van der Waals surface area contributed by atoms with Gasteiger partial charge in [0.25, 0.3) is 0 Å². The molecule has 0 spiro atoms. The number of nitrogens with one attached hydrogen (secondary N) is 1.